The number of aryl methyl sites for hydroxylation is 1. The topological polar surface area (TPSA) is 12.0 Å². The Morgan fingerprint density at radius 3 is 3.00 bits per heavy atom. The van der Waals surface area contributed by atoms with Gasteiger partial charge in [-0.1, -0.05) is 17.7 Å². The van der Waals surface area contributed by atoms with Crippen LogP contribution in [0.2, 0.25) is 5.02 Å². The molecule has 3 heteroatoms. The lowest BCUT2D eigenvalue weighted by Gasteiger charge is -2.23. The van der Waals surface area contributed by atoms with Crippen LogP contribution in [0, 0.1) is 6.92 Å². The van der Waals surface area contributed by atoms with Crippen molar-refractivity contribution in [2.24, 2.45) is 0 Å². The largest absolute Gasteiger partial charge is 0.385 e. The number of benzene rings is 1. The molecule has 70 valence electrons. The van der Waals surface area contributed by atoms with Gasteiger partial charge >= 0.3 is 0 Å². The summed E-state index contributed by atoms with van der Waals surface area (Å²) in [6.07, 6.45) is 0.982. The smallest absolute Gasteiger partial charge is 0.0622 e. The molecule has 0 amide bonds. The summed E-state index contributed by atoms with van der Waals surface area (Å²) in [7, 11) is 0. The fraction of sp³-hybridized carbons (Fsp3) is 0.400. The van der Waals surface area contributed by atoms with E-state index in [9.17, 15) is 0 Å². The minimum Gasteiger partial charge on any atom is -0.385 e. The molecule has 0 fully saturated rings. The van der Waals surface area contributed by atoms with Gasteiger partial charge in [-0.15, -0.1) is 11.6 Å². The number of rotatable bonds is 0. The molecule has 1 unspecified atom stereocenters. The molecule has 1 aliphatic heterocycles. The Morgan fingerprint density at radius 2 is 2.23 bits per heavy atom. The monoisotopic (exact) mass is 215 g/mol. The van der Waals surface area contributed by atoms with Crippen LogP contribution in [-0.4, -0.2) is 6.54 Å². The van der Waals surface area contributed by atoms with E-state index in [1.54, 1.807) is 0 Å². The molecule has 1 aromatic rings. The molecule has 1 atom stereocenters. The van der Waals surface area contributed by atoms with Gasteiger partial charge in [-0.05, 0) is 30.5 Å². The standard InChI is InChI=1S/C10H11Cl2N/c1-6-4-7-8(11)2-3-13-10(7)5-9(6)12/h4-5,8,13H,2-3H2,1H3. The van der Waals surface area contributed by atoms with Crippen LogP contribution >= 0.6 is 23.2 Å². The minimum atomic E-state index is 0.132. The van der Waals surface area contributed by atoms with Crippen LogP contribution in [0.25, 0.3) is 0 Å². The Balaban J connectivity index is 2.52. The molecule has 0 aliphatic carbocycles. The maximum Gasteiger partial charge on any atom is 0.0622 e. The van der Waals surface area contributed by atoms with Crippen molar-refractivity contribution < 1.29 is 0 Å². The summed E-state index contributed by atoms with van der Waals surface area (Å²) in [5.41, 5.74) is 3.35. The highest BCUT2D eigenvalue weighted by Crippen LogP contribution is 2.37. The van der Waals surface area contributed by atoms with Gasteiger partial charge in [0.15, 0.2) is 0 Å². The van der Waals surface area contributed by atoms with Crippen molar-refractivity contribution in [3.63, 3.8) is 0 Å². The van der Waals surface area contributed by atoms with E-state index in [4.69, 9.17) is 23.2 Å². The molecule has 0 spiro atoms. The van der Waals surface area contributed by atoms with Crippen molar-refractivity contribution in [2.45, 2.75) is 18.7 Å². The molecule has 0 aromatic heterocycles. The van der Waals surface area contributed by atoms with Crippen LogP contribution < -0.4 is 5.32 Å². The number of hydrogen-bond donors (Lipinski definition) is 1. The molecule has 1 nitrogen and oxygen atoms in total. The van der Waals surface area contributed by atoms with Gasteiger partial charge in [0.05, 0.1) is 5.38 Å². The van der Waals surface area contributed by atoms with Gasteiger partial charge in [0.2, 0.25) is 0 Å². The summed E-state index contributed by atoms with van der Waals surface area (Å²) in [4.78, 5) is 0. The molecular formula is C10H11Cl2N. The summed E-state index contributed by atoms with van der Waals surface area (Å²) >= 11 is 12.2. The number of hydrogen-bond acceptors (Lipinski definition) is 1. The average Bonchev–Trinajstić information content (AvgIpc) is 2.09. The fourth-order valence-electron chi connectivity index (χ4n) is 1.61. The summed E-state index contributed by atoms with van der Waals surface area (Å²) in [5, 5.41) is 4.23. The van der Waals surface area contributed by atoms with Gasteiger partial charge in [-0.3, -0.25) is 0 Å². The van der Waals surface area contributed by atoms with E-state index in [1.165, 1.54) is 5.56 Å². The molecule has 0 radical (unpaired) electrons. The quantitative estimate of drug-likeness (QED) is 0.651. The predicted molar refractivity (Wildman–Crippen MR) is 57.9 cm³/mol. The molecule has 0 bridgehead atoms. The minimum absolute atomic E-state index is 0.132. The number of fused-ring (bicyclic) bond motifs is 1. The third kappa shape index (κ3) is 1.63. The summed E-state index contributed by atoms with van der Waals surface area (Å²) in [6.45, 7) is 2.93. The summed E-state index contributed by atoms with van der Waals surface area (Å²) in [6, 6.07) is 4.03. The van der Waals surface area contributed by atoms with Crippen molar-refractivity contribution in [1.29, 1.82) is 0 Å². The van der Waals surface area contributed by atoms with E-state index in [1.807, 2.05) is 13.0 Å². The second-order valence-electron chi connectivity index (χ2n) is 3.37. The second-order valence-corrected chi connectivity index (χ2v) is 4.31. The van der Waals surface area contributed by atoms with Crippen molar-refractivity contribution in [1.82, 2.24) is 0 Å². The predicted octanol–water partition coefficient (Wildman–Crippen LogP) is 3.74. The molecule has 1 heterocycles. The van der Waals surface area contributed by atoms with E-state index >= 15 is 0 Å². The zero-order chi connectivity index (χ0) is 9.42. The molecule has 1 aromatic carbocycles. The summed E-state index contributed by atoms with van der Waals surface area (Å²) in [5.74, 6) is 0. The maximum atomic E-state index is 6.19. The first kappa shape index (κ1) is 9.17. The van der Waals surface area contributed by atoms with E-state index in [0.717, 1.165) is 29.2 Å². The van der Waals surface area contributed by atoms with E-state index in [-0.39, 0.29) is 5.38 Å². The number of halogens is 2. The second kappa shape index (κ2) is 3.39. The Bertz CT molecular complexity index is 336. The van der Waals surface area contributed by atoms with Gasteiger partial charge in [0.25, 0.3) is 0 Å². The Labute approximate surface area is 88.0 Å². The van der Waals surface area contributed by atoms with Crippen molar-refractivity contribution in [2.75, 3.05) is 11.9 Å². The first-order valence-corrected chi connectivity index (χ1v) is 5.18. The normalized spacial score (nSPS) is 20.7. The molecule has 1 N–H and O–H groups in total. The summed E-state index contributed by atoms with van der Waals surface area (Å²) < 4.78 is 0. The van der Waals surface area contributed by atoms with Crippen molar-refractivity contribution in [3.05, 3.63) is 28.3 Å². The molecule has 0 saturated heterocycles. The van der Waals surface area contributed by atoms with Crippen molar-refractivity contribution >= 4 is 28.9 Å². The third-order valence-electron chi connectivity index (χ3n) is 2.38. The van der Waals surface area contributed by atoms with Crippen LogP contribution in [0.15, 0.2) is 12.1 Å². The SMILES string of the molecule is Cc1cc2c(cc1Cl)NCCC2Cl. The van der Waals surface area contributed by atoms with E-state index < -0.39 is 0 Å². The number of alkyl halides is 1. The zero-order valence-corrected chi connectivity index (χ0v) is 8.91. The first-order valence-electron chi connectivity index (χ1n) is 4.36. The lowest BCUT2D eigenvalue weighted by molar-refractivity contribution is 0.801. The molecule has 13 heavy (non-hydrogen) atoms. The average molecular weight is 216 g/mol. The lowest BCUT2D eigenvalue weighted by atomic mass is 10.0. The highest BCUT2D eigenvalue weighted by molar-refractivity contribution is 6.31. The van der Waals surface area contributed by atoms with Crippen molar-refractivity contribution in [3.8, 4) is 0 Å². The molecule has 0 saturated carbocycles. The van der Waals surface area contributed by atoms with Gasteiger partial charge < -0.3 is 5.32 Å². The highest BCUT2D eigenvalue weighted by Gasteiger charge is 2.18. The van der Waals surface area contributed by atoms with Crippen LogP contribution in [0.3, 0.4) is 0 Å². The van der Waals surface area contributed by atoms with Crippen LogP contribution in [0.5, 0.6) is 0 Å². The highest BCUT2D eigenvalue weighted by atomic mass is 35.5. The third-order valence-corrected chi connectivity index (χ3v) is 3.24. The van der Waals surface area contributed by atoms with E-state index in [2.05, 4.69) is 11.4 Å². The number of nitrogens with one attached hydrogen (secondary N) is 1. The Hall–Kier alpha value is -0.400. The fourth-order valence-corrected chi connectivity index (χ4v) is 2.06. The number of anilines is 1. The van der Waals surface area contributed by atoms with Crippen LogP contribution in [0.1, 0.15) is 22.9 Å². The molecule has 2 rings (SSSR count). The zero-order valence-electron chi connectivity index (χ0n) is 7.40. The maximum absolute atomic E-state index is 6.19. The van der Waals surface area contributed by atoms with Gasteiger partial charge in [-0.25, -0.2) is 0 Å². The lowest BCUT2D eigenvalue weighted by Crippen LogP contribution is -2.13. The Kier molecular flexibility index (Phi) is 2.39. The van der Waals surface area contributed by atoms with Gasteiger partial charge in [-0.2, -0.15) is 0 Å². The molecule has 1 aliphatic rings. The van der Waals surface area contributed by atoms with E-state index in [0.29, 0.717) is 0 Å². The van der Waals surface area contributed by atoms with Gasteiger partial charge in [0, 0.05) is 17.3 Å². The van der Waals surface area contributed by atoms with Crippen LogP contribution in [-0.2, 0) is 0 Å². The Morgan fingerprint density at radius 1 is 1.46 bits per heavy atom. The van der Waals surface area contributed by atoms with Gasteiger partial charge in [0.1, 0.15) is 0 Å². The van der Waals surface area contributed by atoms with Crippen LogP contribution in [0.4, 0.5) is 5.69 Å². The first-order chi connectivity index (χ1) is 6.18. The molecular weight excluding hydrogens is 205 g/mol.